The van der Waals surface area contributed by atoms with Crippen LogP contribution in [0.1, 0.15) is 15.9 Å². The Hall–Kier alpha value is -1.68. The lowest BCUT2D eigenvalue weighted by Gasteiger charge is -2.08. The smallest absolute Gasteiger partial charge is 0.153 e. The molecule has 0 aliphatic heterocycles. The lowest BCUT2D eigenvalue weighted by atomic mass is 10.2. The van der Waals surface area contributed by atoms with Crippen LogP contribution in [0.3, 0.4) is 0 Å². The Balaban J connectivity index is 2.07. The van der Waals surface area contributed by atoms with E-state index >= 15 is 0 Å². The summed E-state index contributed by atoms with van der Waals surface area (Å²) in [4.78, 5) is 14.7. The lowest BCUT2D eigenvalue weighted by molar-refractivity contribution is 0.112. The van der Waals surface area contributed by atoms with Crippen molar-refractivity contribution >= 4 is 27.9 Å². The molecule has 1 heterocycles. The molecular weight excluding hydrogens is 280 g/mol. The van der Waals surface area contributed by atoms with Crippen molar-refractivity contribution in [2.75, 3.05) is 5.32 Å². The standard InChI is InChI=1S/C13H11BrN2O/c14-12-3-1-10(2-4-12)7-16-13-5-6-15-8-11(13)9-17/h1-6,8-9H,7H2,(H,15,16). The van der Waals surface area contributed by atoms with Gasteiger partial charge in [0.1, 0.15) is 0 Å². The molecule has 0 radical (unpaired) electrons. The summed E-state index contributed by atoms with van der Waals surface area (Å²) in [6.07, 6.45) is 4.02. The van der Waals surface area contributed by atoms with Gasteiger partial charge in [-0.2, -0.15) is 0 Å². The van der Waals surface area contributed by atoms with Gasteiger partial charge in [-0.3, -0.25) is 9.78 Å². The molecule has 0 fully saturated rings. The summed E-state index contributed by atoms with van der Waals surface area (Å²) < 4.78 is 1.05. The van der Waals surface area contributed by atoms with Crippen LogP contribution in [0.25, 0.3) is 0 Å². The van der Waals surface area contributed by atoms with Crippen LogP contribution < -0.4 is 5.32 Å². The van der Waals surface area contributed by atoms with Gasteiger partial charge in [0.2, 0.25) is 0 Å². The van der Waals surface area contributed by atoms with Crippen molar-refractivity contribution in [3.05, 3.63) is 58.3 Å². The molecule has 4 heteroatoms. The van der Waals surface area contributed by atoms with Crippen molar-refractivity contribution in [3.63, 3.8) is 0 Å². The van der Waals surface area contributed by atoms with E-state index in [-0.39, 0.29) is 0 Å². The number of rotatable bonds is 4. The maximum absolute atomic E-state index is 10.8. The third-order valence-electron chi connectivity index (χ3n) is 2.38. The van der Waals surface area contributed by atoms with E-state index in [0.29, 0.717) is 12.1 Å². The van der Waals surface area contributed by atoms with Crippen molar-refractivity contribution in [3.8, 4) is 0 Å². The van der Waals surface area contributed by atoms with E-state index in [0.717, 1.165) is 22.0 Å². The van der Waals surface area contributed by atoms with Crippen molar-refractivity contribution in [1.29, 1.82) is 0 Å². The summed E-state index contributed by atoms with van der Waals surface area (Å²) in [6, 6.07) is 9.83. The molecule has 17 heavy (non-hydrogen) atoms. The maximum atomic E-state index is 10.8. The van der Waals surface area contributed by atoms with E-state index in [1.807, 2.05) is 24.3 Å². The minimum atomic E-state index is 0.574. The second kappa shape index (κ2) is 5.59. The zero-order valence-corrected chi connectivity index (χ0v) is 10.6. The first-order chi connectivity index (χ1) is 8.29. The van der Waals surface area contributed by atoms with Gasteiger partial charge in [0.15, 0.2) is 6.29 Å². The molecule has 0 amide bonds. The summed E-state index contributed by atoms with van der Waals surface area (Å²) >= 11 is 3.39. The number of carbonyl (C=O) groups is 1. The summed E-state index contributed by atoms with van der Waals surface area (Å²) in [5, 5.41) is 3.21. The molecule has 1 aromatic heterocycles. The Labute approximate surface area is 108 Å². The van der Waals surface area contributed by atoms with Crippen LogP contribution in [0.2, 0.25) is 0 Å². The Morgan fingerprint density at radius 1 is 1.24 bits per heavy atom. The van der Waals surface area contributed by atoms with E-state index in [9.17, 15) is 4.79 Å². The van der Waals surface area contributed by atoms with Gasteiger partial charge in [0.05, 0.1) is 5.56 Å². The number of aromatic nitrogens is 1. The van der Waals surface area contributed by atoms with Crippen LogP contribution in [0.5, 0.6) is 0 Å². The minimum Gasteiger partial charge on any atom is -0.380 e. The van der Waals surface area contributed by atoms with Gasteiger partial charge >= 0.3 is 0 Å². The number of carbonyl (C=O) groups excluding carboxylic acids is 1. The summed E-state index contributed by atoms with van der Waals surface area (Å²) in [5.74, 6) is 0. The number of benzene rings is 1. The Morgan fingerprint density at radius 2 is 2.00 bits per heavy atom. The highest BCUT2D eigenvalue weighted by atomic mass is 79.9. The summed E-state index contributed by atoms with van der Waals surface area (Å²) in [5.41, 5.74) is 2.53. The number of nitrogens with zero attached hydrogens (tertiary/aromatic N) is 1. The van der Waals surface area contributed by atoms with Gasteiger partial charge in [-0.25, -0.2) is 0 Å². The van der Waals surface area contributed by atoms with Crippen molar-refractivity contribution in [2.24, 2.45) is 0 Å². The quantitative estimate of drug-likeness (QED) is 0.879. The Kier molecular flexibility index (Phi) is 3.88. The van der Waals surface area contributed by atoms with Crippen molar-refractivity contribution in [2.45, 2.75) is 6.54 Å². The molecule has 1 N–H and O–H groups in total. The maximum Gasteiger partial charge on any atom is 0.153 e. The van der Waals surface area contributed by atoms with E-state index in [1.165, 1.54) is 0 Å². The summed E-state index contributed by atoms with van der Waals surface area (Å²) in [6.45, 7) is 0.679. The van der Waals surface area contributed by atoms with Crippen LogP contribution >= 0.6 is 15.9 Å². The average Bonchev–Trinajstić information content (AvgIpc) is 2.38. The molecule has 1 aromatic carbocycles. The average molecular weight is 291 g/mol. The van der Waals surface area contributed by atoms with Gasteiger partial charge in [0, 0.05) is 29.1 Å². The molecule has 0 unspecified atom stereocenters. The second-order valence-electron chi connectivity index (χ2n) is 3.56. The largest absolute Gasteiger partial charge is 0.380 e. The molecule has 86 valence electrons. The topological polar surface area (TPSA) is 42.0 Å². The molecular formula is C13H11BrN2O. The van der Waals surface area contributed by atoms with E-state index < -0.39 is 0 Å². The van der Waals surface area contributed by atoms with Gasteiger partial charge < -0.3 is 5.32 Å². The SMILES string of the molecule is O=Cc1cnccc1NCc1ccc(Br)cc1. The molecule has 2 rings (SSSR count). The number of hydrogen-bond acceptors (Lipinski definition) is 3. The number of hydrogen-bond donors (Lipinski definition) is 1. The molecule has 0 spiro atoms. The van der Waals surface area contributed by atoms with E-state index in [4.69, 9.17) is 0 Å². The van der Waals surface area contributed by atoms with Crippen LogP contribution in [0, 0.1) is 0 Å². The third-order valence-corrected chi connectivity index (χ3v) is 2.90. The van der Waals surface area contributed by atoms with Crippen LogP contribution in [-0.2, 0) is 6.54 Å². The van der Waals surface area contributed by atoms with E-state index in [2.05, 4.69) is 26.2 Å². The zero-order chi connectivity index (χ0) is 12.1. The normalized spacial score (nSPS) is 9.94. The van der Waals surface area contributed by atoms with Crippen LogP contribution in [-0.4, -0.2) is 11.3 Å². The second-order valence-corrected chi connectivity index (χ2v) is 4.48. The third kappa shape index (κ3) is 3.14. The Bertz CT molecular complexity index is 511. The number of nitrogens with one attached hydrogen (secondary N) is 1. The highest BCUT2D eigenvalue weighted by molar-refractivity contribution is 9.10. The molecule has 3 nitrogen and oxygen atoms in total. The monoisotopic (exact) mass is 290 g/mol. The van der Waals surface area contributed by atoms with E-state index in [1.54, 1.807) is 18.5 Å². The Morgan fingerprint density at radius 3 is 2.71 bits per heavy atom. The predicted octanol–water partition coefficient (Wildman–Crippen LogP) is 3.27. The minimum absolute atomic E-state index is 0.574. The predicted molar refractivity (Wildman–Crippen MR) is 71.1 cm³/mol. The molecule has 0 saturated carbocycles. The van der Waals surface area contributed by atoms with Crippen molar-refractivity contribution in [1.82, 2.24) is 4.98 Å². The van der Waals surface area contributed by atoms with Gasteiger partial charge in [-0.15, -0.1) is 0 Å². The van der Waals surface area contributed by atoms with Gasteiger partial charge in [-0.1, -0.05) is 28.1 Å². The lowest BCUT2D eigenvalue weighted by Crippen LogP contribution is -2.02. The highest BCUT2D eigenvalue weighted by Gasteiger charge is 2.00. The zero-order valence-electron chi connectivity index (χ0n) is 9.06. The first-order valence-electron chi connectivity index (χ1n) is 5.17. The van der Waals surface area contributed by atoms with Crippen molar-refractivity contribution < 1.29 is 4.79 Å². The molecule has 0 aliphatic rings. The summed E-state index contributed by atoms with van der Waals surface area (Å²) in [7, 11) is 0. The molecule has 0 atom stereocenters. The number of aldehydes is 1. The molecule has 0 aliphatic carbocycles. The fourth-order valence-corrected chi connectivity index (χ4v) is 1.73. The first kappa shape index (κ1) is 11.8. The molecule has 2 aromatic rings. The van der Waals surface area contributed by atoms with Gasteiger partial charge in [-0.05, 0) is 23.8 Å². The molecule has 0 bridgehead atoms. The number of halogens is 1. The fraction of sp³-hybridized carbons (Fsp3) is 0.0769. The highest BCUT2D eigenvalue weighted by Crippen LogP contribution is 2.14. The van der Waals surface area contributed by atoms with Crippen LogP contribution in [0.4, 0.5) is 5.69 Å². The number of pyridine rings is 1. The first-order valence-corrected chi connectivity index (χ1v) is 5.96. The van der Waals surface area contributed by atoms with Crippen LogP contribution in [0.15, 0.2) is 47.2 Å². The molecule has 0 saturated heterocycles. The fourth-order valence-electron chi connectivity index (χ4n) is 1.46. The number of anilines is 1. The van der Waals surface area contributed by atoms with Gasteiger partial charge in [0.25, 0.3) is 0 Å².